The first kappa shape index (κ1) is 10.8. The summed E-state index contributed by atoms with van der Waals surface area (Å²) in [7, 11) is 0. The summed E-state index contributed by atoms with van der Waals surface area (Å²) in [6.07, 6.45) is 7.50. The molecule has 88 valence electrons. The Hall–Kier alpha value is -1.37. The van der Waals surface area contributed by atoms with Gasteiger partial charge in [-0.1, -0.05) is 31.5 Å². The molecule has 1 aliphatic carbocycles. The smallest absolute Gasteiger partial charge is 0.0708 e. The molecule has 1 nitrogen and oxygen atoms in total. The van der Waals surface area contributed by atoms with Gasteiger partial charge in [-0.2, -0.15) is 0 Å². The first-order valence-corrected chi connectivity index (χ1v) is 6.79. The number of hydrogen-bond donors (Lipinski definition) is 0. The summed E-state index contributed by atoms with van der Waals surface area (Å²) < 4.78 is 0. The van der Waals surface area contributed by atoms with Crippen LogP contribution in [0.2, 0.25) is 0 Å². The van der Waals surface area contributed by atoms with E-state index in [4.69, 9.17) is 4.98 Å². The molecule has 0 unspecified atom stereocenters. The highest BCUT2D eigenvalue weighted by molar-refractivity contribution is 5.84. The maximum absolute atomic E-state index is 4.82. The number of hydrogen-bond acceptors (Lipinski definition) is 1. The number of fused-ring (bicyclic) bond motifs is 2. The summed E-state index contributed by atoms with van der Waals surface area (Å²) >= 11 is 0. The quantitative estimate of drug-likeness (QED) is 0.767. The molecular weight excluding hydrogens is 206 g/mol. The van der Waals surface area contributed by atoms with Gasteiger partial charge in [0.1, 0.15) is 0 Å². The molecule has 0 saturated carbocycles. The molecule has 1 aromatic heterocycles. The van der Waals surface area contributed by atoms with Gasteiger partial charge < -0.3 is 0 Å². The van der Waals surface area contributed by atoms with Crippen LogP contribution in [0, 0.1) is 0 Å². The van der Waals surface area contributed by atoms with E-state index in [0.717, 1.165) is 0 Å². The molecule has 0 radical (unpaired) electrons. The summed E-state index contributed by atoms with van der Waals surface area (Å²) in [5.41, 5.74) is 5.72. The van der Waals surface area contributed by atoms with Crippen LogP contribution in [0.1, 0.15) is 43.0 Å². The molecule has 0 amide bonds. The van der Waals surface area contributed by atoms with E-state index in [2.05, 4.69) is 31.2 Å². The summed E-state index contributed by atoms with van der Waals surface area (Å²) in [6, 6.07) is 8.64. The van der Waals surface area contributed by atoms with Crippen molar-refractivity contribution in [1.29, 1.82) is 0 Å². The predicted octanol–water partition coefficient (Wildman–Crippen LogP) is 4.07. The predicted molar refractivity (Wildman–Crippen MR) is 72.4 cm³/mol. The van der Waals surface area contributed by atoms with Crippen molar-refractivity contribution < 1.29 is 0 Å². The van der Waals surface area contributed by atoms with E-state index in [-0.39, 0.29) is 0 Å². The van der Waals surface area contributed by atoms with E-state index in [9.17, 15) is 0 Å². The maximum Gasteiger partial charge on any atom is 0.0708 e. The maximum atomic E-state index is 4.82. The number of nitrogens with zero attached hydrogens (tertiary/aromatic N) is 1. The summed E-state index contributed by atoms with van der Waals surface area (Å²) in [6.45, 7) is 2.27. The number of aryl methyl sites for hydroxylation is 2. The summed E-state index contributed by atoms with van der Waals surface area (Å²) in [4.78, 5) is 4.82. The molecule has 1 heterocycles. The first-order chi connectivity index (χ1) is 8.40. The van der Waals surface area contributed by atoms with Crippen LogP contribution >= 0.6 is 0 Å². The minimum Gasteiger partial charge on any atom is -0.253 e. The lowest BCUT2D eigenvalue weighted by molar-refractivity contribution is 0.790. The van der Waals surface area contributed by atoms with Crippen LogP contribution in [0.5, 0.6) is 0 Å². The van der Waals surface area contributed by atoms with Gasteiger partial charge in [0.15, 0.2) is 0 Å². The van der Waals surface area contributed by atoms with E-state index >= 15 is 0 Å². The van der Waals surface area contributed by atoms with Crippen molar-refractivity contribution in [2.75, 3.05) is 0 Å². The van der Waals surface area contributed by atoms with Crippen LogP contribution in [0.25, 0.3) is 10.9 Å². The van der Waals surface area contributed by atoms with Gasteiger partial charge in [-0.3, -0.25) is 4.98 Å². The van der Waals surface area contributed by atoms with Gasteiger partial charge in [-0.25, -0.2) is 0 Å². The highest BCUT2D eigenvalue weighted by Gasteiger charge is 2.18. The van der Waals surface area contributed by atoms with Gasteiger partial charge in [0, 0.05) is 11.1 Å². The minimum absolute atomic E-state index is 1.18. The Bertz CT molecular complexity index is 542. The molecule has 0 atom stereocenters. The van der Waals surface area contributed by atoms with E-state index in [1.54, 1.807) is 11.1 Å². The molecule has 1 heteroatoms. The molecule has 0 saturated heterocycles. The Morgan fingerprint density at radius 1 is 1.18 bits per heavy atom. The molecule has 3 rings (SSSR count). The Morgan fingerprint density at radius 2 is 2.06 bits per heavy atom. The highest BCUT2D eigenvalue weighted by Crippen LogP contribution is 2.30. The van der Waals surface area contributed by atoms with Crippen LogP contribution in [0.4, 0.5) is 0 Å². The SMILES string of the molecule is CCCCc1c2c(nc3ccccc13)CCC2. The van der Waals surface area contributed by atoms with Gasteiger partial charge in [-0.15, -0.1) is 0 Å². The Morgan fingerprint density at radius 3 is 2.94 bits per heavy atom. The number of rotatable bonds is 3. The molecule has 1 aliphatic rings. The van der Waals surface area contributed by atoms with Crippen LogP contribution in [0.15, 0.2) is 24.3 Å². The average Bonchev–Trinajstić information content (AvgIpc) is 2.82. The third-order valence-electron chi connectivity index (χ3n) is 3.82. The van der Waals surface area contributed by atoms with Gasteiger partial charge in [0.2, 0.25) is 0 Å². The lowest BCUT2D eigenvalue weighted by Gasteiger charge is -2.11. The van der Waals surface area contributed by atoms with Crippen molar-refractivity contribution in [3.63, 3.8) is 0 Å². The lowest BCUT2D eigenvalue weighted by Crippen LogP contribution is -1.99. The van der Waals surface area contributed by atoms with Crippen LogP contribution in [-0.2, 0) is 19.3 Å². The van der Waals surface area contributed by atoms with Crippen LogP contribution in [-0.4, -0.2) is 4.98 Å². The normalized spacial score (nSPS) is 14.2. The number of benzene rings is 1. The molecule has 0 spiro atoms. The number of pyridine rings is 1. The Kier molecular flexibility index (Phi) is 2.84. The average molecular weight is 225 g/mol. The molecular formula is C16H19N. The third kappa shape index (κ3) is 1.84. The number of aromatic nitrogens is 1. The van der Waals surface area contributed by atoms with Crippen molar-refractivity contribution in [2.24, 2.45) is 0 Å². The number of para-hydroxylation sites is 1. The molecule has 17 heavy (non-hydrogen) atoms. The standard InChI is InChI=1S/C16H19N/c1-2-3-7-12-13-8-4-5-10-15(13)17-16-11-6-9-14(12)16/h4-5,8,10H,2-3,6-7,9,11H2,1H3. The van der Waals surface area contributed by atoms with E-state index in [1.807, 2.05) is 0 Å². The number of unbranched alkanes of at least 4 members (excludes halogenated alkanes) is 1. The van der Waals surface area contributed by atoms with Gasteiger partial charge in [0.05, 0.1) is 5.52 Å². The monoisotopic (exact) mass is 225 g/mol. The van der Waals surface area contributed by atoms with Crippen LogP contribution < -0.4 is 0 Å². The summed E-state index contributed by atoms with van der Waals surface area (Å²) in [5, 5.41) is 1.39. The summed E-state index contributed by atoms with van der Waals surface area (Å²) in [5.74, 6) is 0. The van der Waals surface area contributed by atoms with Crippen molar-refractivity contribution >= 4 is 10.9 Å². The third-order valence-corrected chi connectivity index (χ3v) is 3.82. The van der Waals surface area contributed by atoms with Crippen molar-refractivity contribution in [3.8, 4) is 0 Å². The highest BCUT2D eigenvalue weighted by atomic mass is 14.7. The Labute approximate surface area is 103 Å². The second kappa shape index (κ2) is 4.48. The molecule has 0 fully saturated rings. The Balaban J connectivity index is 2.20. The van der Waals surface area contributed by atoms with E-state index < -0.39 is 0 Å². The zero-order valence-electron chi connectivity index (χ0n) is 10.5. The zero-order valence-corrected chi connectivity index (χ0v) is 10.5. The second-order valence-electron chi connectivity index (χ2n) is 4.99. The van der Waals surface area contributed by atoms with Gasteiger partial charge in [-0.05, 0) is 49.3 Å². The van der Waals surface area contributed by atoms with Crippen molar-refractivity contribution in [1.82, 2.24) is 4.98 Å². The van der Waals surface area contributed by atoms with Gasteiger partial charge in [0.25, 0.3) is 0 Å². The minimum atomic E-state index is 1.18. The molecule has 0 N–H and O–H groups in total. The lowest BCUT2D eigenvalue weighted by atomic mass is 9.97. The molecule has 0 aliphatic heterocycles. The fourth-order valence-electron chi connectivity index (χ4n) is 2.95. The van der Waals surface area contributed by atoms with Gasteiger partial charge >= 0.3 is 0 Å². The van der Waals surface area contributed by atoms with Crippen molar-refractivity contribution in [2.45, 2.75) is 45.4 Å². The van der Waals surface area contributed by atoms with E-state index in [1.165, 1.54) is 55.1 Å². The fraction of sp³-hybridized carbons (Fsp3) is 0.438. The zero-order chi connectivity index (χ0) is 11.7. The van der Waals surface area contributed by atoms with Crippen LogP contribution in [0.3, 0.4) is 0 Å². The largest absolute Gasteiger partial charge is 0.253 e. The molecule has 1 aromatic carbocycles. The first-order valence-electron chi connectivity index (χ1n) is 6.79. The molecule has 2 aromatic rings. The second-order valence-corrected chi connectivity index (χ2v) is 4.99. The fourth-order valence-corrected chi connectivity index (χ4v) is 2.95. The van der Waals surface area contributed by atoms with Crippen molar-refractivity contribution in [3.05, 3.63) is 41.1 Å². The molecule has 0 bridgehead atoms. The topological polar surface area (TPSA) is 12.9 Å². The van der Waals surface area contributed by atoms with E-state index in [0.29, 0.717) is 0 Å².